The average molecular weight is 467 g/mol. The molecule has 0 atom stereocenters. The Kier molecular flexibility index (Phi) is 6.76. The highest BCUT2D eigenvalue weighted by atomic mass is 35.5. The van der Waals surface area contributed by atoms with Crippen LogP contribution in [0.1, 0.15) is 16.7 Å². The molecule has 3 aromatic rings. The lowest BCUT2D eigenvalue weighted by molar-refractivity contribution is -0.115. The van der Waals surface area contributed by atoms with Gasteiger partial charge in [-0.25, -0.2) is 13.6 Å². The van der Waals surface area contributed by atoms with Gasteiger partial charge in [-0.1, -0.05) is 29.8 Å². The van der Waals surface area contributed by atoms with E-state index in [4.69, 9.17) is 32.0 Å². The van der Waals surface area contributed by atoms with Gasteiger partial charge >= 0.3 is 0 Å². The first kappa shape index (κ1) is 22.8. The Morgan fingerprint density at radius 3 is 2.41 bits per heavy atom. The van der Waals surface area contributed by atoms with E-state index in [2.05, 4.69) is 5.32 Å². The van der Waals surface area contributed by atoms with E-state index in [0.717, 1.165) is 0 Å². The van der Waals surface area contributed by atoms with Gasteiger partial charge in [-0.05, 0) is 48.0 Å². The number of anilines is 1. The summed E-state index contributed by atoms with van der Waals surface area (Å²) >= 11 is 6.06. The number of nitrogens with zero attached hydrogens (tertiary/aromatic N) is 2. The largest absolute Gasteiger partial charge is 0.456 e. The first-order valence-corrected chi connectivity index (χ1v) is 11.0. The van der Waals surface area contributed by atoms with E-state index in [1.54, 1.807) is 24.3 Å². The molecule has 1 amide bonds. The zero-order chi connectivity index (χ0) is 23.3. The summed E-state index contributed by atoms with van der Waals surface area (Å²) in [5.74, 6) is -0.371. The molecule has 0 aliphatic carbocycles. The highest BCUT2D eigenvalue weighted by Crippen LogP contribution is 2.31. The van der Waals surface area contributed by atoms with Crippen LogP contribution in [0.2, 0.25) is 5.02 Å². The number of nitriles is 2. The SMILES string of the molecule is N#Cc1ccc(Oc2ccc(NC(=O)Cc3ccccc3Cl)cc2S(N)(=O)=O)cc1C#N. The third-order valence-corrected chi connectivity index (χ3v) is 5.60. The number of benzene rings is 3. The Bertz CT molecular complexity index is 1390. The van der Waals surface area contributed by atoms with E-state index >= 15 is 0 Å². The maximum Gasteiger partial charge on any atom is 0.241 e. The van der Waals surface area contributed by atoms with Gasteiger partial charge in [0, 0.05) is 10.7 Å². The summed E-state index contributed by atoms with van der Waals surface area (Å²) in [6.45, 7) is 0. The second-order valence-corrected chi connectivity index (χ2v) is 8.49. The molecular weight excluding hydrogens is 452 g/mol. The van der Waals surface area contributed by atoms with Crippen LogP contribution in [0.25, 0.3) is 0 Å². The quantitative estimate of drug-likeness (QED) is 0.566. The maximum atomic E-state index is 12.4. The average Bonchev–Trinajstić information content (AvgIpc) is 2.75. The van der Waals surface area contributed by atoms with Crippen LogP contribution < -0.4 is 15.2 Å². The van der Waals surface area contributed by atoms with Gasteiger partial charge in [0.2, 0.25) is 15.9 Å². The van der Waals surface area contributed by atoms with Crippen molar-refractivity contribution in [1.29, 1.82) is 10.5 Å². The first-order valence-electron chi connectivity index (χ1n) is 9.03. The molecule has 0 heterocycles. The molecule has 3 aromatic carbocycles. The third kappa shape index (κ3) is 5.42. The molecule has 0 saturated carbocycles. The van der Waals surface area contributed by atoms with Crippen LogP contribution in [-0.2, 0) is 21.2 Å². The molecule has 0 bridgehead atoms. The van der Waals surface area contributed by atoms with Crippen molar-refractivity contribution in [2.24, 2.45) is 5.14 Å². The van der Waals surface area contributed by atoms with Crippen LogP contribution in [0.3, 0.4) is 0 Å². The first-order chi connectivity index (χ1) is 15.2. The number of sulfonamides is 1. The highest BCUT2D eigenvalue weighted by molar-refractivity contribution is 7.89. The number of halogens is 1. The van der Waals surface area contributed by atoms with Crippen LogP contribution in [0.15, 0.2) is 65.6 Å². The second kappa shape index (κ2) is 9.50. The Balaban J connectivity index is 1.87. The molecule has 0 saturated heterocycles. The number of hydrogen-bond acceptors (Lipinski definition) is 6. The molecule has 10 heteroatoms. The number of rotatable bonds is 6. The van der Waals surface area contributed by atoms with Crippen molar-refractivity contribution in [3.63, 3.8) is 0 Å². The van der Waals surface area contributed by atoms with Crippen LogP contribution in [0, 0.1) is 22.7 Å². The molecule has 0 fully saturated rings. The summed E-state index contributed by atoms with van der Waals surface area (Å²) in [6.07, 6.45) is -0.00912. The van der Waals surface area contributed by atoms with Crippen molar-refractivity contribution < 1.29 is 17.9 Å². The molecule has 8 nitrogen and oxygen atoms in total. The molecule has 3 N–H and O–H groups in total. The number of nitrogens with two attached hydrogens (primary N) is 1. The van der Waals surface area contributed by atoms with Crippen molar-refractivity contribution in [1.82, 2.24) is 0 Å². The van der Waals surface area contributed by atoms with E-state index in [-0.39, 0.29) is 39.6 Å². The van der Waals surface area contributed by atoms with Crippen molar-refractivity contribution in [3.8, 4) is 23.6 Å². The lowest BCUT2D eigenvalue weighted by Gasteiger charge is -2.13. The van der Waals surface area contributed by atoms with Gasteiger partial charge in [0.05, 0.1) is 17.5 Å². The molecule has 0 radical (unpaired) electrons. The van der Waals surface area contributed by atoms with Gasteiger partial charge < -0.3 is 10.1 Å². The molecule has 32 heavy (non-hydrogen) atoms. The van der Waals surface area contributed by atoms with Crippen molar-refractivity contribution >= 4 is 33.2 Å². The van der Waals surface area contributed by atoms with Crippen molar-refractivity contribution in [3.05, 3.63) is 82.4 Å². The van der Waals surface area contributed by atoms with Crippen LogP contribution in [0.5, 0.6) is 11.5 Å². The molecule has 160 valence electrons. The zero-order valence-corrected chi connectivity index (χ0v) is 17.9. The molecule has 0 spiro atoms. The van der Waals surface area contributed by atoms with E-state index < -0.39 is 15.9 Å². The van der Waals surface area contributed by atoms with Gasteiger partial charge in [-0.3, -0.25) is 4.79 Å². The number of primary sulfonamides is 1. The number of nitrogens with one attached hydrogen (secondary N) is 1. The van der Waals surface area contributed by atoms with Crippen molar-refractivity contribution in [2.75, 3.05) is 5.32 Å². The normalized spacial score (nSPS) is 10.6. The molecule has 0 unspecified atom stereocenters. The van der Waals surface area contributed by atoms with Crippen molar-refractivity contribution in [2.45, 2.75) is 11.3 Å². The van der Waals surface area contributed by atoms with Crippen LogP contribution in [0.4, 0.5) is 5.69 Å². The summed E-state index contributed by atoms with van der Waals surface area (Å²) < 4.78 is 29.8. The Morgan fingerprint density at radius 1 is 1.03 bits per heavy atom. The van der Waals surface area contributed by atoms with Gasteiger partial charge in [0.15, 0.2) is 0 Å². The minimum absolute atomic E-state index is 0.00912. The minimum atomic E-state index is -4.22. The highest BCUT2D eigenvalue weighted by Gasteiger charge is 2.18. The Hall–Kier alpha value is -3.89. The summed E-state index contributed by atoms with van der Waals surface area (Å²) in [5, 5.41) is 26.5. The number of amides is 1. The lowest BCUT2D eigenvalue weighted by atomic mass is 10.1. The molecular formula is C22H15ClN4O4S. The number of hydrogen-bond donors (Lipinski definition) is 2. The fourth-order valence-electron chi connectivity index (χ4n) is 2.82. The smallest absolute Gasteiger partial charge is 0.241 e. The van der Waals surface area contributed by atoms with Gasteiger partial charge in [0.25, 0.3) is 0 Å². The summed E-state index contributed by atoms with van der Waals surface area (Å²) in [5.41, 5.74) is 1.04. The van der Waals surface area contributed by atoms with Crippen LogP contribution in [-0.4, -0.2) is 14.3 Å². The van der Waals surface area contributed by atoms with Gasteiger partial charge in [-0.15, -0.1) is 0 Å². The molecule has 0 aliphatic rings. The fraction of sp³-hybridized carbons (Fsp3) is 0.0455. The number of carbonyl (C=O) groups is 1. The maximum absolute atomic E-state index is 12.4. The topological polar surface area (TPSA) is 146 Å². The third-order valence-electron chi connectivity index (χ3n) is 4.30. The standard InChI is InChI=1S/C22H15ClN4O4S/c23-19-4-2-1-3-14(19)10-22(28)27-17-6-8-20(21(11-17)32(26,29)30)31-18-7-5-15(12-24)16(9-18)13-25/h1-9,11H,10H2,(H,27,28)(H2,26,29,30). The lowest BCUT2D eigenvalue weighted by Crippen LogP contribution is -2.17. The van der Waals surface area contributed by atoms with E-state index in [0.29, 0.717) is 10.6 Å². The minimum Gasteiger partial charge on any atom is -0.456 e. The van der Waals surface area contributed by atoms with E-state index in [1.807, 2.05) is 12.1 Å². The molecule has 0 aliphatic heterocycles. The van der Waals surface area contributed by atoms with E-state index in [9.17, 15) is 13.2 Å². The Labute approximate surface area is 189 Å². The molecule has 0 aromatic heterocycles. The van der Waals surface area contributed by atoms with Gasteiger partial charge in [-0.2, -0.15) is 10.5 Å². The summed E-state index contributed by atoms with van der Waals surface area (Å²) in [4.78, 5) is 12.0. The van der Waals surface area contributed by atoms with Gasteiger partial charge in [0.1, 0.15) is 28.5 Å². The van der Waals surface area contributed by atoms with Crippen LogP contribution >= 0.6 is 11.6 Å². The Morgan fingerprint density at radius 2 is 1.75 bits per heavy atom. The summed E-state index contributed by atoms with van der Waals surface area (Å²) in [7, 11) is -4.22. The number of ether oxygens (including phenoxy) is 1. The molecule has 3 rings (SSSR count). The second-order valence-electron chi connectivity index (χ2n) is 6.56. The summed E-state index contributed by atoms with van der Waals surface area (Å²) in [6, 6.07) is 18.7. The van der Waals surface area contributed by atoms with E-state index in [1.165, 1.54) is 36.4 Å². The predicted octanol–water partition coefficient (Wildman–Crippen LogP) is 3.70. The predicted molar refractivity (Wildman–Crippen MR) is 118 cm³/mol. The monoisotopic (exact) mass is 466 g/mol. The zero-order valence-electron chi connectivity index (χ0n) is 16.4. The number of carbonyl (C=O) groups excluding carboxylic acids is 1. The fourth-order valence-corrected chi connectivity index (χ4v) is 3.70.